The Kier molecular flexibility index (Phi) is 4.69. The van der Waals surface area contributed by atoms with E-state index >= 15 is 0 Å². The van der Waals surface area contributed by atoms with E-state index in [9.17, 15) is 4.79 Å². The number of hydrogen-bond donors (Lipinski definition) is 0. The van der Waals surface area contributed by atoms with Crippen LogP contribution in [0.3, 0.4) is 0 Å². The van der Waals surface area contributed by atoms with E-state index in [-0.39, 0.29) is 5.91 Å². The van der Waals surface area contributed by atoms with Gasteiger partial charge in [0.05, 0.1) is 7.11 Å². The second-order valence-electron chi connectivity index (χ2n) is 7.38. The van der Waals surface area contributed by atoms with Crippen molar-refractivity contribution in [1.29, 1.82) is 0 Å². The average molecular weight is 350 g/mol. The SMILES string of the molecule is COc1cccc(CN2Cc3ccc(C#C[Si](C)(C)C)cc3C2=O)c1. The Morgan fingerprint density at radius 1 is 1.16 bits per heavy atom. The Bertz CT molecular complexity index is 871. The van der Waals surface area contributed by atoms with Gasteiger partial charge < -0.3 is 9.64 Å². The fourth-order valence-corrected chi connectivity index (χ4v) is 3.34. The number of carbonyl (C=O) groups excluding carboxylic acids is 1. The van der Waals surface area contributed by atoms with Crippen molar-refractivity contribution in [1.82, 2.24) is 4.90 Å². The highest BCUT2D eigenvalue weighted by Crippen LogP contribution is 2.26. The molecule has 0 aliphatic carbocycles. The van der Waals surface area contributed by atoms with E-state index in [0.717, 1.165) is 28.0 Å². The van der Waals surface area contributed by atoms with E-state index in [2.05, 4.69) is 31.1 Å². The van der Waals surface area contributed by atoms with Crippen LogP contribution in [0.4, 0.5) is 0 Å². The molecule has 0 bridgehead atoms. The molecule has 25 heavy (non-hydrogen) atoms. The maximum Gasteiger partial charge on any atom is 0.254 e. The third-order valence-corrected chi connectivity index (χ3v) is 4.95. The Hall–Kier alpha value is -2.51. The van der Waals surface area contributed by atoms with E-state index < -0.39 is 8.07 Å². The predicted molar refractivity (Wildman–Crippen MR) is 103 cm³/mol. The molecule has 4 heteroatoms. The molecule has 0 aromatic heterocycles. The van der Waals surface area contributed by atoms with Gasteiger partial charge in [0.1, 0.15) is 13.8 Å². The molecule has 0 fully saturated rings. The van der Waals surface area contributed by atoms with Crippen LogP contribution in [0, 0.1) is 11.5 Å². The van der Waals surface area contributed by atoms with Gasteiger partial charge in [-0.1, -0.05) is 43.8 Å². The van der Waals surface area contributed by atoms with Gasteiger partial charge in [0.2, 0.25) is 0 Å². The van der Waals surface area contributed by atoms with Gasteiger partial charge in [0, 0.05) is 24.2 Å². The van der Waals surface area contributed by atoms with E-state index in [1.54, 1.807) is 7.11 Å². The first kappa shape index (κ1) is 17.3. The van der Waals surface area contributed by atoms with Gasteiger partial charge in [0.25, 0.3) is 5.91 Å². The molecule has 0 radical (unpaired) electrons. The minimum Gasteiger partial charge on any atom is -0.497 e. The third kappa shape index (κ3) is 4.12. The molecule has 2 aromatic carbocycles. The van der Waals surface area contributed by atoms with Gasteiger partial charge in [-0.15, -0.1) is 5.54 Å². The second kappa shape index (κ2) is 6.77. The van der Waals surface area contributed by atoms with Crippen molar-refractivity contribution in [3.05, 3.63) is 64.7 Å². The molecule has 128 valence electrons. The van der Waals surface area contributed by atoms with Gasteiger partial charge in [-0.05, 0) is 35.4 Å². The van der Waals surface area contributed by atoms with E-state index in [1.165, 1.54) is 0 Å². The molecule has 0 atom stereocenters. The summed E-state index contributed by atoms with van der Waals surface area (Å²) in [4.78, 5) is 14.6. The van der Waals surface area contributed by atoms with Crippen LogP contribution in [0.1, 0.15) is 27.0 Å². The lowest BCUT2D eigenvalue weighted by atomic mass is 10.1. The Morgan fingerprint density at radius 2 is 1.96 bits per heavy atom. The van der Waals surface area contributed by atoms with Crippen LogP contribution in [0.5, 0.6) is 5.75 Å². The summed E-state index contributed by atoms with van der Waals surface area (Å²) < 4.78 is 5.26. The van der Waals surface area contributed by atoms with Crippen molar-refractivity contribution in [3.63, 3.8) is 0 Å². The highest BCUT2D eigenvalue weighted by molar-refractivity contribution is 6.83. The van der Waals surface area contributed by atoms with Gasteiger partial charge in [-0.2, -0.15) is 0 Å². The molecule has 0 unspecified atom stereocenters. The molecule has 0 saturated heterocycles. The fourth-order valence-electron chi connectivity index (χ4n) is 2.82. The molecule has 2 aromatic rings. The number of amides is 1. The van der Waals surface area contributed by atoms with Gasteiger partial charge in [0.15, 0.2) is 0 Å². The molecule has 0 saturated carbocycles. The van der Waals surface area contributed by atoms with Crippen molar-refractivity contribution >= 4 is 14.0 Å². The number of hydrogen-bond acceptors (Lipinski definition) is 2. The van der Waals surface area contributed by atoms with Crippen molar-refractivity contribution in [2.75, 3.05) is 7.11 Å². The number of nitrogens with zero attached hydrogens (tertiary/aromatic N) is 1. The van der Waals surface area contributed by atoms with Crippen LogP contribution in [0.25, 0.3) is 0 Å². The Morgan fingerprint density at radius 3 is 2.68 bits per heavy atom. The van der Waals surface area contributed by atoms with Gasteiger partial charge >= 0.3 is 0 Å². The summed E-state index contributed by atoms with van der Waals surface area (Å²) in [6.07, 6.45) is 0. The summed E-state index contributed by atoms with van der Waals surface area (Å²) in [6, 6.07) is 13.8. The molecule has 3 nitrogen and oxygen atoms in total. The summed E-state index contributed by atoms with van der Waals surface area (Å²) >= 11 is 0. The third-order valence-electron chi connectivity index (χ3n) is 4.08. The lowest BCUT2D eigenvalue weighted by Crippen LogP contribution is -2.23. The molecular formula is C21H23NO2Si. The van der Waals surface area contributed by atoms with Crippen molar-refractivity contribution in [2.45, 2.75) is 32.7 Å². The lowest BCUT2D eigenvalue weighted by molar-refractivity contribution is 0.0766. The number of fused-ring (bicyclic) bond motifs is 1. The molecule has 0 spiro atoms. The Labute approximate surface area is 150 Å². The quantitative estimate of drug-likeness (QED) is 0.617. The monoisotopic (exact) mass is 349 g/mol. The number of rotatable bonds is 3. The first-order valence-corrected chi connectivity index (χ1v) is 11.9. The van der Waals surface area contributed by atoms with Gasteiger partial charge in [-0.25, -0.2) is 0 Å². The standard InChI is InChI=1S/C21H23NO2Si/c1-24-19-7-5-6-17(12-19)14-22-15-18-9-8-16(10-11-25(2,3)4)13-20(18)21(22)23/h5-9,12-13H,14-15H2,1-4H3. The largest absolute Gasteiger partial charge is 0.497 e. The molecular weight excluding hydrogens is 326 g/mol. The fraction of sp³-hybridized carbons (Fsp3) is 0.286. The minimum atomic E-state index is -1.42. The molecule has 3 rings (SSSR count). The summed E-state index contributed by atoms with van der Waals surface area (Å²) in [5.41, 5.74) is 7.21. The lowest BCUT2D eigenvalue weighted by Gasteiger charge is -2.16. The van der Waals surface area contributed by atoms with Gasteiger partial charge in [-0.3, -0.25) is 4.79 Å². The highest BCUT2D eigenvalue weighted by atomic mass is 28.3. The van der Waals surface area contributed by atoms with Crippen molar-refractivity contribution in [3.8, 4) is 17.2 Å². The molecule has 1 amide bonds. The zero-order valence-electron chi connectivity index (χ0n) is 15.2. The van der Waals surface area contributed by atoms with Crippen LogP contribution >= 0.6 is 0 Å². The minimum absolute atomic E-state index is 0.0782. The highest BCUT2D eigenvalue weighted by Gasteiger charge is 2.27. The summed E-state index contributed by atoms with van der Waals surface area (Å²) in [5.74, 6) is 4.13. The summed E-state index contributed by atoms with van der Waals surface area (Å²) in [6.45, 7) is 7.88. The predicted octanol–water partition coefficient (Wildman–Crippen LogP) is 4.08. The second-order valence-corrected chi connectivity index (χ2v) is 12.1. The molecule has 0 N–H and O–H groups in total. The van der Waals surface area contributed by atoms with Crippen LogP contribution in [0.15, 0.2) is 42.5 Å². The van der Waals surface area contributed by atoms with Crippen LogP contribution < -0.4 is 4.74 Å². The van der Waals surface area contributed by atoms with Crippen molar-refractivity contribution < 1.29 is 9.53 Å². The number of methoxy groups -OCH3 is 1. The first-order chi connectivity index (χ1) is 11.9. The number of ether oxygens (including phenoxy) is 1. The van der Waals surface area contributed by atoms with E-state index in [1.807, 2.05) is 47.4 Å². The topological polar surface area (TPSA) is 29.5 Å². The van der Waals surface area contributed by atoms with Crippen LogP contribution in [-0.4, -0.2) is 26.0 Å². The number of carbonyl (C=O) groups is 1. The smallest absolute Gasteiger partial charge is 0.254 e. The van der Waals surface area contributed by atoms with Crippen LogP contribution in [0.2, 0.25) is 19.6 Å². The summed E-state index contributed by atoms with van der Waals surface area (Å²) in [7, 11) is 0.227. The molecule has 1 aliphatic rings. The summed E-state index contributed by atoms with van der Waals surface area (Å²) in [5, 5.41) is 0. The normalized spacial score (nSPS) is 13.3. The molecule has 1 aliphatic heterocycles. The van der Waals surface area contributed by atoms with Crippen LogP contribution in [-0.2, 0) is 13.1 Å². The molecule has 1 heterocycles. The van der Waals surface area contributed by atoms with E-state index in [0.29, 0.717) is 13.1 Å². The average Bonchev–Trinajstić information content (AvgIpc) is 2.88. The zero-order chi connectivity index (χ0) is 18.0. The van der Waals surface area contributed by atoms with Crippen molar-refractivity contribution in [2.24, 2.45) is 0 Å². The van der Waals surface area contributed by atoms with E-state index in [4.69, 9.17) is 4.74 Å². The maximum atomic E-state index is 12.8. The zero-order valence-corrected chi connectivity index (χ0v) is 16.2. The maximum absolute atomic E-state index is 12.8. The first-order valence-electron chi connectivity index (χ1n) is 8.44. The number of benzene rings is 2. The Balaban J connectivity index is 1.80.